The molecule has 0 N–H and O–H groups in total. The maximum absolute atomic E-state index is 10.6. The maximum Gasteiger partial charge on any atom is 0.305 e. The molecule has 0 amide bonds. The second kappa shape index (κ2) is 7.42. The number of nitriles is 1. The van der Waals surface area contributed by atoms with E-state index in [-0.39, 0.29) is 5.97 Å². The molecule has 11 heavy (non-hydrogen) atoms. The highest BCUT2D eigenvalue weighted by Crippen LogP contribution is 2.04. The van der Waals surface area contributed by atoms with Gasteiger partial charge in [-0.15, -0.1) is 0 Å². The highest BCUT2D eigenvalue weighted by atomic mass is 32.2. The molecule has 0 aliphatic carbocycles. The first-order chi connectivity index (χ1) is 5.31. The Morgan fingerprint density at radius 1 is 1.64 bits per heavy atom. The molecule has 0 aromatic carbocycles. The number of nitrogens with zero attached hydrogens (tertiary/aromatic N) is 1. The number of unbranched alkanes of at least 4 members (excludes halogenated alkanes) is 1. The minimum atomic E-state index is -0.174. The molecule has 0 saturated heterocycles. The molecule has 0 aromatic rings. The molecule has 0 fully saturated rings. The molecule has 0 aliphatic heterocycles. The van der Waals surface area contributed by atoms with Crippen molar-refractivity contribution in [3.05, 3.63) is 0 Å². The Morgan fingerprint density at radius 3 is 2.91 bits per heavy atom. The van der Waals surface area contributed by atoms with Crippen LogP contribution in [0.3, 0.4) is 0 Å². The van der Waals surface area contributed by atoms with Gasteiger partial charge in [-0.05, 0) is 24.6 Å². The first-order valence-electron chi connectivity index (χ1n) is 3.39. The third-order valence-electron chi connectivity index (χ3n) is 1.17. The molecule has 3 nitrogen and oxygen atoms in total. The van der Waals surface area contributed by atoms with E-state index in [0.29, 0.717) is 6.42 Å². The lowest BCUT2D eigenvalue weighted by Gasteiger charge is -1.96. The third-order valence-corrected chi connectivity index (χ3v) is 1.79. The lowest BCUT2D eigenvalue weighted by molar-refractivity contribution is -0.140. The van der Waals surface area contributed by atoms with Gasteiger partial charge in [-0.25, -0.2) is 0 Å². The molecule has 0 saturated carbocycles. The largest absolute Gasteiger partial charge is 0.469 e. The summed E-state index contributed by atoms with van der Waals surface area (Å²) in [5.41, 5.74) is 0. The molecular weight excluding hydrogens is 162 g/mol. The van der Waals surface area contributed by atoms with E-state index in [9.17, 15) is 4.79 Å². The summed E-state index contributed by atoms with van der Waals surface area (Å²) >= 11 is 1.22. The maximum atomic E-state index is 10.6. The number of methoxy groups -OCH3 is 1. The zero-order valence-electron chi connectivity index (χ0n) is 6.50. The van der Waals surface area contributed by atoms with Crippen LogP contribution in [-0.2, 0) is 9.53 Å². The van der Waals surface area contributed by atoms with Crippen molar-refractivity contribution in [1.29, 1.82) is 5.26 Å². The Balaban J connectivity index is 3.03. The number of hydrogen-bond acceptors (Lipinski definition) is 4. The van der Waals surface area contributed by atoms with Gasteiger partial charge in [-0.3, -0.25) is 4.79 Å². The van der Waals surface area contributed by atoms with Gasteiger partial charge in [0, 0.05) is 12.2 Å². The minimum Gasteiger partial charge on any atom is -0.469 e. The first kappa shape index (κ1) is 10.3. The van der Waals surface area contributed by atoms with Gasteiger partial charge in [-0.1, -0.05) is 0 Å². The SMILES string of the molecule is COC(=O)CCCCSC#N. The van der Waals surface area contributed by atoms with Gasteiger partial charge >= 0.3 is 5.97 Å². The second-order valence-corrected chi connectivity index (χ2v) is 2.85. The van der Waals surface area contributed by atoms with Crippen molar-refractivity contribution in [1.82, 2.24) is 0 Å². The van der Waals surface area contributed by atoms with Crippen LogP contribution in [-0.4, -0.2) is 18.8 Å². The zero-order valence-corrected chi connectivity index (χ0v) is 7.32. The van der Waals surface area contributed by atoms with Crippen molar-refractivity contribution in [2.24, 2.45) is 0 Å². The summed E-state index contributed by atoms with van der Waals surface area (Å²) in [6.07, 6.45) is 2.16. The van der Waals surface area contributed by atoms with E-state index in [0.717, 1.165) is 18.6 Å². The van der Waals surface area contributed by atoms with Crippen LogP contribution in [0.15, 0.2) is 0 Å². The molecule has 0 heterocycles. The van der Waals surface area contributed by atoms with Crippen LogP contribution in [0, 0.1) is 10.7 Å². The summed E-state index contributed by atoms with van der Waals surface area (Å²) in [5, 5.41) is 10.1. The van der Waals surface area contributed by atoms with Crippen LogP contribution in [0.2, 0.25) is 0 Å². The van der Waals surface area contributed by atoms with Crippen molar-refractivity contribution < 1.29 is 9.53 Å². The summed E-state index contributed by atoms with van der Waals surface area (Å²) in [6, 6.07) is 0. The van der Waals surface area contributed by atoms with Crippen LogP contribution in [0.25, 0.3) is 0 Å². The van der Waals surface area contributed by atoms with E-state index in [2.05, 4.69) is 4.74 Å². The Hall–Kier alpha value is -0.690. The summed E-state index contributed by atoms with van der Waals surface area (Å²) < 4.78 is 4.45. The second-order valence-electron chi connectivity index (χ2n) is 1.97. The number of ether oxygens (including phenoxy) is 1. The van der Waals surface area contributed by atoms with Gasteiger partial charge in [0.25, 0.3) is 0 Å². The van der Waals surface area contributed by atoms with Crippen LogP contribution < -0.4 is 0 Å². The van der Waals surface area contributed by atoms with Gasteiger partial charge in [0.15, 0.2) is 0 Å². The van der Waals surface area contributed by atoms with Crippen LogP contribution in [0.5, 0.6) is 0 Å². The lowest BCUT2D eigenvalue weighted by Crippen LogP contribution is -1.99. The zero-order chi connectivity index (χ0) is 8.53. The van der Waals surface area contributed by atoms with E-state index >= 15 is 0 Å². The number of thioether (sulfide) groups is 1. The molecule has 4 heteroatoms. The monoisotopic (exact) mass is 173 g/mol. The fourth-order valence-corrected chi connectivity index (χ4v) is 1.03. The lowest BCUT2D eigenvalue weighted by atomic mass is 10.2. The summed E-state index contributed by atoms with van der Waals surface area (Å²) in [7, 11) is 1.38. The molecule has 0 aliphatic rings. The van der Waals surface area contributed by atoms with Crippen molar-refractivity contribution in [2.45, 2.75) is 19.3 Å². The Bertz CT molecular complexity index is 153. The highest BCUT2D eigenvalue weighted by Gasteiger charge is 1.98. The van der Waals surface area contributed by atoms with E-state index in [1.54, 1.807) is 0 Å². The van der Waals surface area contributed by atoms with Crippen molar-refractivity contribution in [3.63, 3.8) is 0 Å². The number of rotatable bonds is 5. The van der Waals surface area contributed by atoms with Gasteiger partial charge in [0.1, 0.15) is 5.40 Å². The van der Waals surface area contributed by atoms with Crippen molar-refractivity contribution in [3.8, 4) is 5.40 Å². The van der Waals surface area contributed by atoms with Gasteiger partial charge in [0.05, 0.1) is 7.11 Å². The van der Waals surface area contributed by atoms with Gasteiger partial charge in [0.2, 0.25) is 0 Å². The number of thiocyanates is 1. The molecule has 0 aromatic heterocycles. The predicted molar refractivity (Wildman–Crippen MR) is 43.9 cm³/mol. The number of esters is 1. The normalized spacial score (nSPS) is 8.73. The van der Waals surface area contributed by atoms with Crippen LogP contribution in [0.1, 0.15) is 19.3 Å². The Morgan fingerprint density at radius 2 is 2.36 bits per heavy atom. The molecule has 0 unspecified atom stereocenters. The number of carbonyl (C=O) groups is 1. The summed E-state index contributed by atoms with van der Waals surface area (Å²) in [5.74, 6) is 0.625. The molecule has 0 spiro atoms. The molecule has 0 bridgehead atoms. The van der Waals surface area contributed by atoms with Gasteiger partial charge in [-0.2, -0.15) is 5.26 Å². The summed E-state index contributed by atoms with van der Waals surface area (Å²) in [6.45, 7) is 0. The van der Waals surface area contributed by atoms with Crippen LogP contribution in [0.4, 0.5) is 0 Å². The first-order valence-corrected chi connectivity index (χ1v) is 4.37. The average molecular weight is 173 g/mol. The number of hydrogen-bond donors (Lipinski definition) is 0. The average Bonchev–Trinajstić information content (AvgIpc) is 2.04. The third kappa shape index (κ3) is 7.20. The van der Waals surface area contributed by atoms with E-state index < -0.39 is 0 Å². The van der Waals surface area contributed by atoms with E-state index in [1.807, 2.05) is 5.40 Å². The Kier molecular flexibility index (Phi) is 6.95. The molecule has 0 rings (SSSR count). The summed E-state index contributed by atoms with van der Waals surface area (Å²) in [4.78, 5) is 10.6. The smallest absolute Gasteiger partial charge is 0.305 e. The quantitative estimate of drug-likeness (QED) is 0.359. The fraction of sp³-hybridized carbons (Fsp3) is 0.714. The van der Waals surface area contributed by atoms with Crippen LogP contribution >= 0.6 is 11.8 Å². The van der Waals surface area contributed by atoms with E-state index in [4.69, 9.17) is 5.26 Å². The molecule has 62 valence electrons. The topological polar surface area (TPSA) is 50.1 Å². The highest BCUT2D eigenvalue weighted by molar-refractivity contribution is 8.03. The molecule has 0 atom stereocenters. The van der Waals surface area contributed by atoms with Gasteiger partial charge < -0.3 is 4.74 Å². The number of carbonyl (C=O) groups excluding carboxylic acids is 1. The van der Waals surface area contributed by atoms with Crippen molar-refractivity contribution >= 4 is 17.7 Å². The fourth-order valence-electron chi connectivity index (χ4n) is 0.591. The molecular formula is C7H11NO2S. The predicted octanol–water partition coefficient (Wildman–Crippen LogP) is 1.54. The Labute approximate surface area is 70.7 Å². The molecule has 0 radical (unpaired) electrons. The standard InChI is InChI=1S/C7H11NO2S/c1-10-7(9)4-2-3-5-11-6-8/h2-5H2,1H3. The minimum absolute atomic E-state index is 0.174. The van der Waals surface area contributed by atoms with E-state index in [1.165, 1.54) is 18.9 Å². The van der Waals surface area contributed by atoms with Crippen molar-refractivity contribution in [2.75, 3.05) is 12.9 Å².